The standard InChI is InChI=1S/C25H25FN4O4/c1-3-4-5-12-30-15(2)21(22(27-25(30)31)16-6-9-18(26)10-7-16)24-28-23(29-34-24)17-8-11-19-20(13-17)33-14-32-19/h6-11,13,22H,3-5,12,14H2,1-2H3,(H,27,31). The number of allylic oxidation sites excluding steroid dienone is 1. The number of hydrogen-bond donors (Lipinski definition) is 1. The van der Waals surface area contributed by atoms with Crippen molar-refractivity contribution in [3.8, 4) is 22.9 Å². The van der Waals surface area contributed by atoms with E-state index in [9.17, 15) is 9.18 Å². The van der Waals surface area contributed by atoms with Crippen molar-refractivity contribution in [2.45, 2.75) is 39.2 Å². The van der Waals surface area contributed by atoms with Gasteiger partial charge in [0, 0.05) is 17.8 Å². The third kappa shape index (κ3) is 4.09. The van der Waals surface area contributed by atoms with E-state index in [0.29, 0.717) is 35.3 Å². The molecule has 2 aromatic carbocycles. The minimum atomic E-state index is -0.555. The Bertz CT molecular complexity index is 1240. The quantitative estimate of drug-likeness (QED) is 0.478. The molecular formula is C25H25FN4O4. The largest absolute Gasteiger partial charge is 0.454 e. The van der Waals surface area contributed by atoms with Gasteiger partial charge in [-0.3, -0.25) is 4.90 Å². The number of benzene rings is 2. The van der Waals surface area contributed by atoms with Crippen LogP contribution in [0, 0.1) is 5.82 Å². The number of ether oxygens (including phenoxy) is 2. The topological polar surface area (TPSA) is 89.7 Å². The Morgan fingerprint density at radius 2 is 1.91 bits per heavy atom. The molecule has 1 atom stereocenters. The fraction of sp³-hybridized carbons (Fsp3) is 0.320. The van der Waals surface area contributed by atoms with Gasteiger partial charge in [-0.15, -0.1) is 0 Å². The van der Waals surface area contributed by atoms with Gasteiger partial charge in [0.05, 0.1) is 11.6 Å². The molecule has 0 radical (unpaired) electrons. The maximum absolute atomic E-state index is 13.6. The Kier molecular flexibility index (Phi) is 5.91. The summed E-state index contributed by atoms with van der Waals surface area (Å²) in [6.07, 6.45) is 2.94. The van der Waals surface area contributed by atoms with Crippen molar-refractivity contribution < 1.29 is 23.2 Å². The van der Waals surface area contributed by atoms with E-state index in [1.807, 2.05) is 13.0 Å². The Morgan fingerprint density at radius 1 is 1.12 bits per heavy atom. The molecule has 0 spiro atoms. The molecule has 1 N–H and O–H groups in total. The number of rotatable bonds is 7. The number of halogens is 1. The average Bonchev–Trinajstić information content (AvgIpc) is 3.50. The lowest BCUT2D eigenvalue weighted by atomic mass is 9.94. The van der Waals surface area contributed by atoms with Crippen LogP contribution in [0.15, 0.2) is 52.7 Å². The third-order valence-electron chi connectivity index (χ3n) is 6.07. The molecule has 9 heteroatoms. The van der Waals surface area contributed by atoms with Crippen molar-refractivity contribution in [2.24, 2.45) is 0 Å². The Morgan fingerprint density at radius 3 is 2.71 bits per heavy atom. The SMILES string of the molecule is CCCCCN1C(=O)NC(c2ccc(F)cc2)C(c2nc(-c3ccc4c(c3)OCO4)no2)=C1C. The maximum atomic E-state index is 13.6. The summed E-state index contributed by atoms with van der Waals surface area (Å²) < 4.78 is 30.1. The van der Waals surface area contributed by atoms with Crippen LogP contribution >= 0.6 is 0 Å². The van der Waals surface area contributed by atoms with Gasteiger partial charge in [-0.2, -0.15) is 4.98 Å². The molecule has 8 nitrogen and oxygen atoms in total. The number of urea groups is 1. The molecule has 1 unspecified atom stereocenters. The third-order valence-corrected chi connectivity index (χ3v) is 6.07. The summed E-state index contributed by atoms with van der Waals surface area (Å²) in [5, 5.41) is 7.21. The van der Waals surface area contributed by atoms with Crippen molar-refractivity contribution in [1.29, 1.82) is 0 Å². The second kappa shape index (κ2) is 9.17. The molecule has 176 valence electrons. The monoisotopic (exact) mass is 464 g/mol. The molecule has 0 saturated heterocycles. The Balaban J connectivity index is 1.54. The summed E-state index contributed by atoms with van der Waals surface area (Å²) >= 11 is 0. The summed E-state index contributed by atoms with van der Waals surface area (Å²) in [6.45, 7) is 4.75. The van der Waals surface area contributed by atoms with E-state index >= 15 is 0 Å². The molecule has 34 heavy (non-hydrogen) atoms. The van der Waals surface area contributed by atoms with Gasteiger partial charge in [0.2, 0.25) is 12.6 Å². The van der Waals surface area contributed by atoms with Crippen LogP contribution in [0.5, 0.6) is 11.5 Å². The highest BCUT2D eigenvalue weighted by Gasteiger charge is 2.35. The number of carbonyl (C=O) groups is 1. The van der Waals surface area contributed by atoms with E-state index in [1.54, 1.807) is 29.2 Å². The van der Waals surface area contributed by atoms with Crippen LogP contribution in [0.2, 0.25) is 0 Å². The van der Waals surface area contributed by atoms with E-state index in [0.717, 1.165) is 36.1 Å². The number of hydrogen-bond acceptors (Lipinski definition) is 6. The van der Waals surface area contributed by atoms with E-state index in [1.165, 1.54) is 12.1 Å². The molecule has 2 aliphatic heterocycles. The number of nitrogens with zero attached hydrogens (tertiary/aromatic N) is 3. The summed E-state index contributed by atoms with van der Waals surface area (Å²) in [5.74, 6) is 1.62. The predicted molar refractivity (Wildman–Crippen MR) is 122 cm³/mol. The Labute approximate surface area is 196 Å². The molecule has 5 rings (SSSR count). The summed E-state index contributed by atoms with van der Waals surface area (Å²) in [6, 6.07) is 10.7. The second-order valence-electron chi connectivity index (χ2n) is 8.28. The maximum Gasteiger partial charge on any atom is 0.322 e. The number of unbranched alkanes of at least 4 members (excludes halogenated alkanes) is 2. The van der Waals surface area contributed by atoms with Gasteiger partial charge in [0.15, 0.2) is 11.5 Å². The molecule has 0 fully saturated rings. The lowest BCUT2D eigenvalue weighted by Gasteiger charge is -2.35. The first-order valence-corrected chi connectivity index (χ1v) is 11.3. The normalized spacial score (nSPS) is 17.3. The molecule has 0 aliphatic carbocycles. The van der Waals surface area contributed by atoms with Crippen LogP contribution in [0.25, 0.3) is 17.0 Å². The van der Waals surface area contributed by atoms with Crippen molar-refractivity contribution in [2.75, 3.05) is 13.3 Å². The first-order valence-electron chi connectivity index (χ1n) is 11.3. The summed E-state index contributed by atoms with van der Waals surface area (Å²) in [7, 11) is 0. The lowest BCUT2D eigenvalue weighted by Crippen LogP contribution is -2.46. The van der Waals surface area contributed by atoms with Crippen LogP contribution in [-0.4, -0.2) is 34.4 Å². The summed E-state index contributed by atoms with van der Waals surface area (Å²) in [4.78, 5) is 19.3. The summed E-state index contributed by atoms with van der Waals surface area (Å²) in [5.41, 5.74) is 2.85. The minimum Gasteiger partial charge on any atom is -0.454 e. The highest BCUT2D eigenvalue weighted by molar-refractivity contribution is 5.86. The zero-order valence-electron chi connectivity index (χ0n) is 19.0. The minimum absolute atomic E-state index is 0.176. The van der Waals surface area contributed by atoms with Crippen molar-refractivity contribution in [3.63, 3.8) is 0 Å². The lowest BCUT2D eigenvalue weighted by molar-refractivity contribution is 0.174. The number of aromatic nitrogens is 2. The molecule has 2 aliphatic rings. The van der Waals surface area contributed by atoms with Crippen LogP contribution < -0.4 is 14.8 Å². The molecule has 0 saturated carbocycles. The van der Waals surface area contributed by atoms with Gasteiger partial charge >= 0.3 is 6.03 Å². The number of fused-ring (bicyclic) bond motifs is 1. The number of amides is 2. The molecule has 3 aromatic rings. The molecule has 1 aromatic heterocycles. The van der Waals surface area contributed by atoms with E-state index in [4.69, 9.17) is 14.0 Å². The fourth-order valence-electron chi connectivity index (χ4n) is 4.24. The van der Waals surface area contributed by atoms with E-state index < -0.39 is 6.04 Å². The molecule has 0 bridgehead atoms. The van der Waals surface area contributed by atoms with Gasteiger partial charge in [0.1, 0.15) is 5.82 Å². The molecular weight excluding hydrogens is 439 g/mol. The van der Waals surface area contributed by atoms with Gasteiger partial charge in [0.25, 0.3) is 5.89 Å². The molecule has 3 heterocycles. The first kappa shape index (κ1) is 21.9. The van der Waals surface area contributed by atoms with Crippen LogP contribution in [0.1, 0.15) is 50.6 Å². The number of nitrogens with one attached hydrogen (secondary N) is 1. The van der Waals surface area contributed by atoms with Crippen LogP contribution in [0.3, 0.4) is 0 Å². The highest BCUT2D eigenvalue weighted by Crippen LogP contribution is 2.39. The van der Waals surface area contributed by atoms with Crippen molar-refractivity contribution in [3.05, 3.63) is 65.4 Å². The highest BCUT2D eigenvalue weighted by atomic mass is 19.1. The van der Waals surface area contributed by atoms with Crippen molar-refractivity contribution in [1.82, 2.24) is 20.4 Å². The van der Waals surface area contributed by atoms with Crippen LogP contribution in [0.4, 0.5) is 9.18 Å². The smallest absolute Gasteiger partial charge is 0.322 e. The predicted octanol–water partition coefficient (Wildman–Crippen LogP) is 5.29. The average molecular weight is 464 g/mol. The van der Waals surface area contributed by atoms with Crippen LogP contribution in [-0.2, 0) is 0 Å². The second-order valence-corrected chi connectivity index (χ2v) is 8.28. The Hall–Kier alpha value is -3.88. The van der Waals surface area contributed by atoms with Gasteiger partial charge < -0.3 is 19.3 Å². The zero-order chi connectivity index (χ0) is 23.7. The van der Waals surface area contributed by atoms with E-state index in [2.05, 4.69) is 22.4 Å². The van der Waals surface area contributed by atoms with Gasteiger partial charge in [-0.25, -0.2) is 9.18 Å². The fourth-order valence-corrected chi connectivity index (χ4v) is 4.24. The molecule has 2 amide bonds. The van der Waals surface area contributed by atoms with Gasteiger partial charge in [-0.1, -0.05) is 37.1 Å². The zero-order valence-corrected chi connectivity index (χ0v) is 19.0. The first-order chi connectivity index (χ1) is 16.5. The van der Waals surface area contributed by atoms with Gasteiger partial charge in [-0.05, 0) is 49.2 Å². The van der Waals surface area contributed by atoms with Crippen molar-refractivity contribution >= 4 is 11.6 Å². The number of carbonyl (C=O) groups excluding carboxylic acids is 1. The van der Waals surface area contributed by atoms with E-state index in [-0.39, 0.29) is 18.6 Å².